The van der Waals surface area contributed by atoms with Crippen LogP contribution in [-0.2, 0) is 0 Å². The minimum Gasteiger partial charge on any atom is -0.306 e. The summed E-state index contributed by atoms with van der Waals surface area (Å²) in [5.41, 5.74) is 10.3. The lowest BCUT2D eigenvalue weighted by Crippen LogP contribution is -2.34. The van der Waals surface area contributed by atoms with Gasteiger partial charge in [0.05, 0.1) is 11.2 Å². The highest BCUT2D eigenvalue weighted by Gasteiger charge is 2.30. The highest BCUT2D eigenvalue weighted by molar-refractivity contribution is 6.18. The number of fused-ring (bicyclic) bond motifs is 2. The third kappa shape index (κ3) is 2.22. The number of H-pyrrole nitrogens is 1. The quantitative estimate of drug-likeness (QED) is 0.577. The van der Waals surface area contributed by atoms with E-state index in [1.807, 2.05) is 66.7 Å². The van der Waals surface area contributed by atoms with Crippen molar-refractivity contribution in [2.24, 2.45) is 10.7 Å². The molecule has 0 saturated heterocycles. The van der Waals surface area contributed by atoms with Gasteiger partial charge in [0.2, 0.25) is 0 Å². The third-order valence-corrected chi connectivity index (χ3v) is 4.66. The van der Waals surface area contributed by atoms with Crippen molar-refractivity contribution in [1.29, 1.82) is 0 Å². The van der Waals surface area contributed by atoms with Crippen molar-refractivity contribution in [2.45, 2.75) is 6.17 Å². The molecule has 5 rings (SSSR count). The van der Waals surface area contributed by atoms with Gasteiger partial charge in [0.25, 0.3) is 0 Å². The average Bonchev–Trinajstić information content (AvgIpc) is 3.12. The molecule has 0 aliphatic carbocycles. The molecule has 2 heterocycles. The van der Waals surface area contributed by atoms with Gasteiger partial charge in [-0.25, -0.2) is 4.99 Å². The molecule has 3 N–H and O–H groups in total. The van der Waals surface area contributed by atoms with Crippen LogP contribution in [0.15, 0.2) is 83.9 Å². The Hall–Kier alpha value is -3.44. The van der Waals surface area contributed by atoms with Crippen LogP contribution in [0.2, 0.25) is 0 Å². The van der Waals surface area contributed by atoms with Crippen LogP contribution < -0.4 is 10.6 Å². The summed E-state index contributed by atoms with van der Waals surface area (Å²) in [6.07, 6.45) is -0.400. The van der Waals surface area contributed by atoms with Crippen LogP contribution in [0.5, 0.6) is 0 Å². The molecule has 5 heteroatoms. The number of benzene rings is 3. The van der Waals surface area contributed by atoms with E-state index < -0.39 is 6.17 Å². The van der Waals surface area contributed by atoms with Gasteiger partial charge in [0.15, 0.2) is 5.82 Å². The highest BCUT2D eigenvalue weighted by atomic mass is 15.3. The lowest BCUT2D eigenvalue weighted by molar-refractivity contribution is 0.760. The van der Waals surface area contributed by atoms with E-state index in [-0.39, 0.29) is 0 Å². The van der Waals surface area contributed by atoms with Gasteiger partial charge in [-0.15, -0.1) is 0 Å². The highest BCUT2D eigenvalue weighted by Crippen LogP contribution is 2.39. The van der Waals surface area contributed by atoms with Crippen LogP contribution in [0, 0.1) is 0 Å². The lowest BCUT2D eigenvalue weighted by Gasteiger charge is -2.32. The summed E-state index contributed by atoms with van der Waals surface area (Å²) in [5, 5.41) is 8.76. The fourth-order valence-corrected chi connectivity index (χ4v) is 3.44. The first-order valence-electron chi connectivity index (χ1n) is 8.54. The van der Waals surface area contributed by atoms with Gasteiger partial charge in [0.1, 0.15) is 12.0 Å². The van der Waals surface area contributed by atoms with E-state index in [9.17, 15) is 0 Å². The smallest absolute Gasteiger partial charge is 0.168 e. The number of hydrogen-bond acceptors (Lipinski definition) is 4. The van der Waals surface area contributed by atoms with E-state index in [1.54, 1.807) is 0 Å². The number of nitrogens with two attached hydrogens (primary N) is 1. The first kappa shape index (κ1) is 14.9. The maximum atomic E-state index is 6.36. The van der Waals surface area contributed by atoms with E-state index in [1.165, 1.54) is 0 Å². The molecule has 0 spiro atoms. The summed E-state index contributed by atoms with van der Waals surface area (Å²) in [7, 11) is 0. The van der Waals surface area contributed by atoms with Gasteiger partial charge in [-0.3, -0.25) is 10.00 Å². The Labute approximate surface area is 150 Å². The summed E-state index contributed by atoms with van der Waals surface area (Å²) in [4.78, 5) is 6.89. The van der Waals surface area contributed by atoms with Crippen molar-refractivity contribution in [1.82, 2.24) is 10.2 Å². The molecular weight excluding hydrogens is 322 g/mol. The molecule has 0 amide bonds. The number of aromatic nitrogens is 2. The first-order valence-corrected chi connectivity index (χ1v) is 8.54. The number of aromatic amines is 1. The van der Waals surface area contributed by atoms with E-state index in [4.69, 9.17) is 10.7 Å². The van der Waals surface area contributed by atoms with E-state index in [0.29, 0.717) is 0 Å². The number of amidine groups is 1. The third-order valence-electron chi connectivity index (χ3n) is 4.66. The summed E-state index contributed by atoms with van der Waals surface area (Å²) in [6.45, 7) is 0. The zero-order valence-corrected chi connectivity index (χ0v) is 14.0. The van der Waals surface area contributed by atoms with Crippen LogP contribution in [0.3, 0.4) is 0 Å². The SMILES string of the molecule is NC1N=C(c2ccccc2)N(c2n[nH]c3ccccc23)c2ccccc21. The van der Waals surface area contributed by atoms with Crippen LogP contribution in [0.1, 0.15) is 17.3 Å². The maximum Gasteiger partial charge on any atom is 0.168 e. The zero-order valence-electron chi connectivity index (χ0n) is 14.0. The number of para-hydroxylation sites is 2. The van der Waals surface area contributed by atoms with Crippen LogP contribution in [0.25, 0.3) is 10.9 Å². The normalized spacial score (nSPS) is 16.4. The Balaban J connectivity index is 1.79. The minimum absolute atomic E-state index is 0.400. The van der Waals surface area contributed by atoms with Crippen molar-refractivity contribution in [3.8, 4) is 0 Å². The van der Waals surface area contributed by atoms with Crippen molar-refractivity contribution in [3.63, 3.8) is 0 Å². The summed E-state index contributed by atoms with van der Waals surface area (Å²) in [5.74, 6) is 1.62. The van der Waals surface area contributed by atoms with Crippen molar-refractivity contribution < 1.29 is 0 Å². The molecule has 5 nitrogen and oxygen atoms in total. The van der Waals surface area contributed by atoms with Gasteiger partial charge in [-0.1, -0.05) is 60.7 Å². The summed E-state index contributed by atoms with van der Waals surface area (Å²) in [6, 6.07) is 26.3. The second kappa shape index (κ2) is 5.82. The molecule has 4 aromatic rings. The molecule has 26 heavy (non-hydrogen) atoms. The van der Waals surface area contributed by atoms with Crippen LogP contribution in [-0.4, -0.2) is 16.0 Å². The summed E-state index contributed by atoms with van der Waals surface area (Å²) >= 11 is 0. The van der Waals surface area contributed by atoms with E-state index >= 15 is 0 Å². The second-order valence-corrected chi connectivity index (χ2v) is 6.25. The number of anilines is 2. The van der Waals surface area contributed by atoms with Crippen molar-refractivity contribution >= 4 is 28.2 Å². The standard InChI is InChI=1S/C21H17N5/c22-19-16-11-5-7-13-18(16)26(20(23-19)14-8-2-1-3-9-14)21-15-10-4-6-12-17(15)24-25-21/h1-13,19H,22H2,(H,24,25). The van der Waals surface area contributed by atoms with Gasteiger partial charge in [0, 0.05) is 16.5 Å². The number of rotatable bonds is 2. The minimum atomic E-state index is -0.400. The first-order chi connectivity index (χ1) is 12.8. The Morgan fingerprint density at radius 3 is 2.46 bits per heavy atom. The Bertz CT molecular complexity index is 1110. The molecule has 1 aliphatic rings. The Kier molecular flexibility index (Phi) is 3.33. The second-order valence-electron chi connectivity index (χ2n) is 6.25. The van der Waals surface area contributed by atoms with Gasteiger partial charge >= 0.3 is 0 Å². The fraction of sp³-hybridized carbons (Fsp3) is 0.0476. The van der Waals surface area contributed by atoms with Gasteiger partial charge in [-0.05, 0) is 18.2 Å². The lowest BCUT2D eigenvalue weighted by atomic mass is 10.0. The molecule has 0 fully saturated rings. The van der Waals surface area contributed by atoms with E-state index in [2.05, 4.69) is 27.2 Å². The number of aliphatic imine (C=N–C) groups is 1. The zero-order chi connectivity index (χ0) is 17.5. The monoisotopic (exact) mass is 339 g/mol. The molecule has 3 aromatic carbocycles. The molecule has 0 bridgehead atoms. The Morgan fingerprint density at radius 2 is 1.58 bits per heavy atom. The largest absolute Gasteiger partial charge is 0.306 e. The predicted octanol–water partition coefficient (Wildman–Crippen LogP) is 4.12. The topological polar surface area (TPSA) is 70.3 Å². The molecule has 1 unspecified atom stereocenters. The summed E-state index contributed by atoms with van der Waals surface area (Å²) < 4.78 is 0. The molecule has 0 radical (unpaired) electrons. The maximum absolute atomic E-state index is 6.36. The van der Waals surface area contributed by atoms with Crippen LogP contribution >= 0.6 is 0 Å². The van der Waals surface area contributed by atoms with E-state index in [0.717, 1.165) is 39.4 Å². The predicted molar refractivity (Wildman–Crippen MR) is 105 cm³/mol. The number of hydrogen-bond donors (Lipinski definition) is 2. The van der Waals surface area contributed by atoms with Crippen molar-refractivity contribution in [2.75, 3.05) is 4.90 Å². The van der Waals surface area contributed by atoms with Crippen molar-refractivity contribution in [3.05, 3.63) is 90.0 Å². The number of nitrogens with one attached hydrogen (secondary N) is 1. The van der Waals surface area contributed by atoms with Gasteiger partial charge in [-0.2, -0.15) is 5.10 Å². The van der Waals surface area contributed by atoms with Crippen LogP contribution in [0.4, 0.5) is 11.5 Å². The average molecular weight is 339 g/mol. The molecule has 0 saturated carbocycles. The fourth-order valence-electron chi connectivity index (χ4n) is 3.44. The molecular formula is C21H17N5. The Morgan fingerprint density at radius 1 is 0.846 bits per heavy atom. The molecule has 1 aliphatic heterocycles. The molecule has 1 aromatic heterocycles. The number of nitrogens with zero attached hydrogens (tertiary/aromatic N) is 3. The van der Waals surface area contributed by atoms with Gasteiger partial charge < -0.3 is 5.73 Å². The molecule has 126 valence electrons. The molecule has 1 atom stereocenters.